The van der Waals surface area contributed by atoms with Crippen LogP contribution in [0.3, 0.4) is 0 Å². The lowest BCUT2D eigenvalue weighted by Crippen LogP contribution is -2.45. The normalized spacial score (nSPS) is 27.2. The predicted molar refractivity (Wildman–Crippen MR) is 102 cm³/mol. The van der Waals surface area contributed by atoms with E-state index in [-0.39, 0.29) is 17.6 Å². The van der Waals surface area contributed by atoms with Crippen LogP contribution in [0, 0.1) is 0 Å². The van der Waals surface area contributed by atoms with E-state index in [2.05, 4.69) is 13.8 Å². The Bertz CT molecular complexity index is 456. The van der Waals surface area contributed by atoms with Crippen LogP contribution in [0.2, 0.25) is 0 Å². The van der Waals surface area contributed by atoms with E-state index in [0.29, 0.717) is 19.8 Å². The third-order valence-corrected chi connectivity index (χ3v) is 5.49. The maximum Gasteiger partial charge on any atom is 0.136 e. The van der Waals surface area contributed by atoms with Gasteiger partial charge in [0.15, 0.2) is 0 Å². The summed E-state index contributed by atoms with van der Waals surface area (Å²) in [7, 11) is 0. The molecule has 1 N–H and O–H groups in total. The summed E-state index contributed by atoms with van der Waals surface area (Å²) in [5.41, 5.74) is -0.339. The molecule has 1 fully saturated rings. The van der Waals surface area contributed by atoms with Gasteiger partial charge in [-0.15, -0.1) is 0 Å². The highest BCUT2D eigenvalue weighted by Gasteiger charge is 2.39. The molecule has 1 aliphatic heterocycles. The van der Waals surface area contributed by atoms with E-state index in [0.717, 1.165) is 37.0 Å². The van der Waals surface area contributed by atoms with Crippen LogP contribution in [-0.4, -0.2) is 48.7 Å². The second kappa shape index (κ2) is 11.9. The smallest absolute Gasteiger partial charge is 0.136 e. The summed E-state index contributed by atoms with van der Waals surface area (Å²) >= 11 is 1.55. The molecule has 1 heterocycles. The minimum atomic E-state index is -0.712. The molecule has 2 rings (SSSR count). The molecule has 4 atom stereocenters. The number of rotatable bonds is 10. The maximum atomic E-state index is 10.9. The molecule has 142 valence electrons. The van der Waals surface area contributed by atoms with Crippen molar-refractivity contribution in [1.29, 1.82) is 0 Å². The van der Waals surface area contributed by atoms with Crippen LogP contribution in [0.5, 0.6) is 0 Å². The third-order valence-electron chi connectivity index (χ3n) is 4.30. The summed E-state index contributed by atoms with van der Waals surface area (Å²) in [6.45, 7) is 6.22. The monoisotopic (exact) mass is 368 g/mol. The van der Waals surface area contributed by atoms with E-state index in [9.17, 15) is 5.11 Å². The van der Waals surface area contributed by atoms with Gasteiger partial charge in [0.25, 0.3) is 0 Å². The standard InChI is InChI=1S/C20H32O4S/c1-3-5-13-22-17-12-15-24-20(25-16-10-8-7-9-11-16)18(21)19(17)23-14-6-4-2/h7-11,17-21H,3-6,12-15H2,1-2H3/t17-,18?,19?,20-/m1/s1. The Morgan fingerprint density at radius 3 is 2.44 bits per heavy atom. The van der Waals surface area contributed by atoms with Crippen molar-refractivity contribution in [1.82, 2.24) is 0 Å². The van der Waals surface area contributed by atoms with Gasteiger partial charge in [-0.2, -0.15) is 0 Å². The molecule has 5 heteroatoms. The van der Waals surface area contributed by atoms with Crippen LogP contribution in [0.15, 0.2) is 35.2 Å². The van der Waals surface area contributed by atoms with Crippen molar-refractivity contribution in [3.05, 3.63) is 30.3 Å². The number of benzene rings is 1. The van der Waals surface area contributed by atoms with Crippen LogP contribution < -0.4 is 0 Å². The van der Waals surface area contributed by atoms with Gasteiger partial charge < -0.3 is 19.3 Å². The highest BCUT2D eigenvalue weighted by atomic mass is 32.2. The van der Waals surface area contributed by atoms with Gasteiger partial charge in [-0.25, -0.2) is 0 Å². The Morgan fingerprint density at radius 2 is 1.76 bits per heavy atom. The second-order valence-corrected chi connectivity index (χ2v) is 7.57. The largest absolute Gasteiger partial charge is 0.387 e. The van der Waals surface area contributed by atoms with Crippen LogP contribution in [0.25, 0.3) is 0 Å². The molecule has 0 aliphatic carbocycles. The van der Waals surface area contributed by atoms with Gasteiger partial charge >= 0.3 is 0 Å². The summed E-state index contributed by atoms with van der Waals surface area (Å²) in [6.07, 6.45) is 3.77. The maximum absolute atomic E-state index is 10.9. The van der Waals surface area contributed by atoms with Gasteiger partial charge in [-0.05, 0) is 31.4 Å². The Kier molecular flexibility index (Phi) is 9.88. The Labute approximate surface area is 156 Å². The summed E-state index contributed by atoms with van der Waals surface area (Å²) in [4.78, 5) is 1.09. The van der Waals surface area contributed by atoms with Crippen LogP contribution >= 0.6 is 11.8 Å². The van der Waals surface area contributed by atoms with Crippen LogP contribution in [0.1, 0.15) is 46.0 Å². The van der Waals surface area contributed by atoms with Crippen molar-refractivity contribution >= 4 is 11.8 Å². The van der Waals surface area contributed by atoms with Crippen molar-refractivity contribution in [3.8, 4) is 0 Å². The molecule has 1 aromatic rings. The van der Waals surface area contributed by atoms with Gasteiger partial charge in [0.05, 0.1) is 12.7 Å². The number of ether oxygens (including phenoxy) is 3. The summed E-state index contributed by atoms with van der Waals surface area (Å²) < 4.78 is 18.0. The molecule has 4 nitrogen and oxygen atoms in total. The fraction of sp³-hybridized carbons (Fsp3) is 0.700. The molecule has 2 unspecified atom stereocenters. The molecule has 25 heavy (non-hydrogen) atoms. The van der Waals surface area contributed by atoms with E-state index in [1.165, 1.54) is 0 Å². The zero-order chi connectivity index (χ0) is 17.9. The van der Waals surface area contributed by atoms with Gasteiger partial charge in [0.1, 0.15) is 17.6 Å². The van der Waals surface area contributed by atoms with Crippen molar-refractivity contribution in [3.63, 3.8) is 0 Å². The quantitative estimate of drug-likeness (QED) is 0.626. The van der Waals surface area contributed by atoms with E-state index in [4.69, 9.17) is 14.2 Å². The van der Waals surface area contributed by atoms with Crippen molar-refractivity contribution in [2.75, 3.05) is 19.8 Å². The topological polar surface area (TPSA) is 47.9 Å². The molecular formula is C20H32O4S. The molecule has 1 saturated heterocycles. The highest BCUT2D eigenvalue weighted by molar-refractivity contribution is 7.99. The molecular weight excluding hydrogens is 336 g/mol. The summed E-state index contributed by atoms with van der Waals surface area (Å²) in [6, 6.07) is 10.1. The first-order valence-electron chi connectivity index (χ1n) is 9.50. The number of unbranched alkanes of at least 4 members (excludes halogenated alkanes) is 2. The number of hydrogen-bond donors (Lipinski definition) is 1. The van der Waals surface area contributed by atoms with Crippen molar-refractivity contribution in [2.45, 2.75) is 74.6 Å². The second-order valence-electron chi connectivity index (χ2n) is 6.40. The molecule has 1 aromatic carbocycles. The van der Waals surface area contributed by atoms with Crippen LogP contribution in [-0.2, 0) is 14.2 Å². The summed E-state index contributed by atoms with van der Waals surface area (Å²) in [5, 5.41) is 10.9. The average Bonchev–Trinajstić information content (AvgIpc) is 2.77. The van der Waals surface area contributed by atoms with E-state index in [1.54, 1.807) is 11.8 Å². The van der Waals surface area contributed by atoms with Gasteiger partial charge in [-0.3, -0.25) is 0 Å². The first-order chi connectivity index (χ1) is 12.3. The lowest BCUT2D eigenvalue weighted by Gasteiger charge is -2.31. The zero-order valence-corrected chi connectivity index (χ0v) is 16.2. The molecule has 0 spiro atoms. The molecule has 0 amide bonds. The minimum Gasteiger partial charge on any atom is -0.387 e. The minimum absolute atomic E-state index is 0.111. The molecule has 0 bridgehead atoms. The lowest BCUT2D eigenvalue weighted by atomic mass is 10.1. The van der Waals surface area contributed by atoms with Gasteiger partial charge in [-0.1, -0.05) is 56.7 Å². The molecule has 0 radical (unpaired) electrons. The molecule has 1 aliphatic rings. The first kappa shape index (κ1) is 20.7. The highest BCUT2D eigenvalue weighted by Crippen LogP contribution is 2.32. The number of hydrogen-bond acceptors (Lipinski definition) is 5. The fourth-order valence-electron chi connectivity index (χ4n) is 2.80. The fourth-order valence-corrected chi connectivity index (χ4v) is 3.84. The number of aliphatic hydroxyl groups is 1. The van der Waals surface area contributed by atoms with E-state index < -0.39 is 6.10 Å². The van der Waals surface area contributed by atoms with E-state index in [1.807, 2.05) is 30.3 Å². The van der Waals surface area contributed by atoms with Crippen molar-refractivity contribution < 1.29 is 19.3 Å². The SMILES string of the molecule is CCCCOC1C(O)[C@@H](Sc2ccccc2)OCC[C@H]1OCCCC. The van der Waals surface area contributed by atoms with Gasteiger partial charge in [0.2, 0.25) is 0 Å². The lowest BCUT2D eigenvalue weighted by molar-refractivity contribution is -0.125. The average molecular weight is 369 g/mol. The Hall–Kier alpha value is -0.590. The molecule has 0 saturated carbocycles. The van der Waals surface area contributed by atoms with Crippen molar-refractivity contribution in [2.24, 2.45) is 0 Å². The Balaban J connectivity index is 2.03. The van der Waals surface area contributed by atoms with E-state index >= 15 is 0 Å². The first-order valence-corrected chi connectivity index (χ1v) is 10.4. The van der Waals surface area contributed by atoms with Gasteiger partial charge in [0, 0.05) is 18.1 Å². The zero-order valence-electron chi connectivity index (χ0n) is 15.4. The Morgan fingerprint density at radius 1 is 1.08 bits per heavy atom. The molecule has 0 aromatic heterocycles. The third kappa shape index (κ3) is 6.91. The number of aliphatic hydroxyl groups excluding tert-OH is 1. The predicted octanol–water partition coefficient (Wildman–Crippen LogP) is 4.26. The van der Waals surface area contributed by atoms with Crippen LogP contribution in [0.4, 0.5) is 0 Å². The number of thioether (sulfide) groups is 1. The summed E-state index contributed by atoms with van der Waals surface area (Å²) in [5.74, 6) is 0.